The second-order valence-electron chi connectivity index (χ2n) is 9.88. The van der Waals surface area contributed by atoms with Gasteiger partial charge in [0.2, 0.25) is 11.8 Å². The summed E-state index contributed by atoms with van der Waals surface area (Å²) in [7, 11) is 1.29. The van der Waals surface area contributed by atoms with E-state index >= 15 is 0 Å². The Morgan fingerprint density at radius 3 is 2.61 bits per heavy atom. The van der Waals surface area contributed by atoms with Crippen molar-refractivity contribution in [2.45, 2.75) is 38.3 Å². The molecule has 2 aromatic carbocycles. The summed E-state index contributed by atoms with van der Waals surface area (Å²) in [4.78, 5) is 55.9. The normalized spacial score (nSPS) is 28.5. The summed E-state index contributed by atoms with van der Waals surface area (Å²) in [5.41, 5.74) is 0.948. The van der Waals surface area contributed by atoms with Gasteiger partial charge in [-0.2, -0.15) is 0 Å². The molecule has 0 saturated carbocycles. The molecule has 11 heteroatoms. The van der Waals surface area contributed by atoms with E-state index in [2.05, 4.69) is 5.32 Å². The van der Waals surface area contributed by atoms with Crippen LogP contribution in [0.1, 0.15) is 29.5 Å². The summed E-state index contributed by atoms with van der Waals surface area (Å²) in [5, 5.41) is 14.8. The number of carbonyl (C=O) groups excluding carboxylic acids is 3. The van der Waals surface area contributed by atoms with Crippen LogP contribution >= 0.6 is 11.6 Å². The van der Waals surface area contributed by atoms with Gasteiger partial charge in [0.15, 0.2) is 5.75 Å². The van der Waals surface area contributed by atoms with Crippen LogP contribution in [0.2, 0.25) is 5.02 Å². The Morgan fingerprint density at radius 1 is 1.17 bits per heavy atom. The van der Waals surface area contributed by atoms with Crippen LogP contribution in [-0.2, 0) is 19.9 Å². The van der Waals surface area contributed by atoms with Gasteiger partial charge in [0.1, 0.15) is 5.54 Å². The number of benzene rings is 2. The zero-order chi connectivity index (χ0) is 25.7. The molecule has 4 aliphatic rings. The molecule has 10 nitrogen and oxygen atoms in total. The number of rotatable bonds is 3. The molecular weight excluding hydrogens is 488 g/mol. The third-order valence-electron chi connectivity index (χ3n) is 8.13. The van der Waals surface area contributed by atoms with Crippen molar-refractivity contribution in [3.63, 3.8) is 0 Å². The quantitative estimate of drug-likeness (QED) is 0.382. The number of methoxy groups -OCH3 is 1. The fourth-order valence-corrected chi connectivity index (χ4v) is 7.16. The summed E-state index contributed by atoms with van der Waals surface area (Å²) in [6.45, 7) is 4.06. The molecule has 36 heavy (non-hydrogen) atoms. The maximum absolute atomic E-state index is 14.2. The van der Waals surface area contributed by atoms with Crippen LogP contribution in [0.25, 0.3) is 0 Å². The van der Waals surface area contributed by atoms with Gasteiger partial charge in [0, 0.05) is 23.7 Å². The highest BCUT2D eigenvalue weighted by Gasteiger charge is 2.75. The van der Waals surface area contributed by atoms with Crippen molar-refractivity contribution in [3.8, 4) is 5.75 Å². The van der Waals surface area contributed by atoms with Crippen LogP contribution < -0.4 is 15.0 Å². The Bertz CT molecular complexity index is 1410. The number of nitrogens with one attached hydrogen (secondary N) is 1. The first kappa shape index (κ1) is 22.9. The summed E-state index contributed by atoms with van der Waals surface area (Å²) in [5.74, 6) is -2.99. The molecule has 0 aliphatic carbocycles. The zero-order valence-electron chi connectivity index (χ0n) is 19.8. The van der Waals surface area contributed by atoms with Crippen molar-refractivity contribution in [3.05, 3.63) is 56.1 Å². The summed E-state index contributed by atoms with van der Waals surface area (Å²) in [6, 6.07) is 5.99. The zero-order valence-corrected chi connectivity index (χ0v) is 20.6. The largest absolute Gasteiger partial charge is 0.490 e. The minimum absolute atomic E-state index is 0.0539. The molecule has 1 spiro atoms. The molecule has 0 aromatic heterocycles. The van der Waals surface area contributed by atoms with Crippen molar-refractivity contribution in [2.24, 2.45) is 11.8 Å². The van der Waals surface area contributed by atoms with Crippen molar-refractivity contribution >= 4 is 46.4 Å². The molecule has 3 amide bonds. The number of ether oxygens (including phenoxy) is 1. The van der Waals surface area contributed by atoms with Gasteiger partial charge in [-0.25, -0.2) is 4.90 Å². The maximum atomic E-state index is 14.2. The highest BCUT2D eigenvalue weighted by molar-refractivity contribution is 6.35. The van der Waals surface area contributed by atoms with E-state index in [-0.39, 0.29) is 29.1 Å². The number of hydrogen-bond donors (Lipinski definition) is 1. The van der Waals surface area contributed by atoms with Crippen molar-refractivity contribution in [1.29, 1.82) is 0 Å². The van der Waals surface area contributed by atoms with E-state index in [9.17, 15) is 24.5 Å². The van der Waals surface area contributed by atoms with Gasteiger partial charge in [-0.05, 0) is 50.4 Å². The van der Waals surface area contributed by atoms with Gasteiger partial charge in [-0.15, -0.1) is 0 Å². The number of nitro groups is 1. The Kier molecular flexibility index (Phi) is 4.78. The topological polar surface area (TPSA) is 122 Å². The Morgan fingerprint density at radius 2 is 1.92 bits per heavy atom. The number of halogens is 1. The molecule has 3 saturated heterocycles. The van der Waals surface area contributed by atoms with Crippen LogP contribution in [0.4, 0.5) is 17.1 Å². The SMILES string of the molecule is COc1cc(N2C(=O)[C@H]3[C@H]4CCCN4[C@]4(C(=O)Nc5c(Cl)cc(C)cc54)[C@H]3C2=O)c(C)cc1[N+](=O)[O-]. The summed E-state index contributed by atoms with van der Waals surface area (Å²) in [6.07, 6.45) is 1.48. The number of amides is 3. The molecule has 0 bridgehead atoms. The molecule has 3 fully saturated rings. The third-order valence-corrected chi connectivity index (χ3v) is 8.43. The number of aryl methyl sites for hydroxylation is 2. The first-order valence-electron chi connectivity index (χ1n) is 11.7. The van der Waals surface area contributed by atoms with E-state index in [0.29, 0.717) is 34.8 Å². The lowest BCUT2D eigenvalue weighted by molar-refractivity contribution is -0.385. The molecule has 4 aliphatic heterocycles. The number of imide groups is 1. The van der Waals surface area contributed by atoms with Gasteiger partial charge >= 0.3 is 5.69 Å². The molecule has 0 radical (unpaired) electrons. The highest BCUT2D eigenvalue weighted by atomic mass is 35.5. The lowest BCUT2D eigenvalue weighted by Gasteiger charge is -2.37. The summed E-state index contributed by atoms with van der Waals surface area (Å²) < 4.78 is 5.20. The molecule has 0 unspecified atom stereocenters. The van der Waals surface area contributed by atoms with E-state index in [1.807, 2.05) is 17.9 Å². The molecule has 6 rings (SSSR count). The van der Waals surface area contributed by atoms with Crippen molar-refractivity contribution in [2.75, 3.05) is 23.9 Å². The highest BCUT2D eigenvalue weighted by Crippen LogP contribution is 2.61. The molecular formula is C25H23ClN4O6. The first-order chi connectivity index (χ1) is 17.1. The Hall–Kier alpha value is -3.50. The van der Waals surface area contributed by atoms with Crippen LogP contribution in [0.3, 0.4) is 0 Å². The number of carbonyl (C=O) groups is 3. The number of anilines is 2. The molecule has 2 aromatic rings. The lowest BCUT2D eigenvalue weighted by atomic mass is 9.75. The van der Waals surface area contributed by atoms with Crippen LogP contribution in [0.5, 0.6) is 5.75 Å². The van der Waals surface area contributed by atoms with Crippen LogP contribution in [0.15, 0.2) is 24.3 Å². The Labute approximate surface area is 211 Å². The van der Waals surface area contributed by atoms with E-state index in [1.54, 1.807) is 13.0 Å². The average molecular weight is 511 g/mol. The van der Waals surface area contributed by atoms with E-state index in [4.69, 9.17) is 16.3 Å². The van der Waals surface area contributed by atoms with E-state index < -0.39 is 34.1 Å². The summed E-state index contributed by atoms with van der Waals surface area (Å²) >= 11 is 6.51. The van der Waals surface area contributed by atoms with Crippen LogP contribution in [0, 0.1) is 35.8 Å². The van der Waals surface area contributed by atoms with E-state index in [1.165, 1.54) is 19.2 Å². The molecule has 1 N–H and O–H groups in total. The standard InChI is InChI=1S/C25H23ClN4O6/c1-11-7-13-21(14(26)8-11)27-24(33)25(13)20-19(15-5-4-6-28(15)25)22(31)29(23(20)32)16-10-18(36-3)17(30(34)35)9-12(16)2/h7-10,15,19-20H,4-6H2,1-3H3,(H,27,33)/t15-,19+,20-,25+/m1/s1. The molecule has 4 heterocycles. The van der Waals surface area contributed by atoms with Gasteiger partial charge in [0.05, 0.1) is 40.3 Å². The molecule has 186 valence electrons. The minimum Gasteiger partial charge on any atom is -0.490 e. The monoisotopic (exact) mass is 510 g/mol. The van der Waals surface area contributed by atoms with Crippen molar-refractivity contribution in [1.82, 2.24) is 4.90 Å². The molecule has 4 atom stereocenters. The second kappa shape index (κ2) is 7.50. The average Bonchev–Trinajstić information content (AvgIpc) is 3.53. The first-order valence-corrected chi connectivity index (χ1v) is 12.1. The smallest absolute Gasteiger partial charge is 0.311 e. The van der Waals surface area contributed by atoms with Crippen molar-refractivity contribution < 1.29 is 24.0 Å². The predicted molar refractivity (Wildman–Crippen MR) is 130 cm³/mol. The van der Waals surface area contributed by atoms with Crippen LogP contribution in [-0.4, -0.2) is 47.2 Å². The fraction of sp³-hybridized carbons (Fsp3) is 0.400. The number of fused-ring (bicyclic) bond motifs is 7. The van der Waals surface area contributed by atoms with Gasteiger partial charge in [0.25, 0.3) is 5.91 Å². The second-order valence-corrected chi connectivity index (χ2v) is 10.3. The lowest BCUT2D eigenvalue weighted by Crippen LogP contribution is -2.54. The van der Waals surface area contributed by atoms with Gasteiger partial charge < -0.3 is 10.1 Å². The van der Waals surface area contributed by atoms with Gasteiger partial charge in [-0.1, -0.05) is 17.7 Å². The minimum atomic E-state index is -1.35. The Balaban J connectivity index is 1.55. The number of hydrogen-bond acceptors (Lipinski definition) is 7. The number of nitrogens with zero attached hydrogens (tertiary/aromatic N) is 3. The van der Waals surface area contributed by atoms with Gasteiger partial charge in [-0.3, -0.25) is 29.4 Å². The predicted octanol–water partition coefficient (Wildman–Crippen LogP) is 3.30. The fourth-order valence-electron chi connectivity index (χ4n) is 6.84. The number of nitro benzene ring substituents is 1. The maximum Gasteiger partial charge on any atom is 0.311 e. The third kappa shape index (κ3) is 2.63. The van der Waals surface area contributed by atoms with E-state index in [0.717, 1.165) is 16.9 Å².